The average molecular weight is 515 g/mol. The monoisotopic (exact) mass is 514 g/mol. The van der Waals surface area contributed by atoms with Crippen LogP contribution in [0.2, 0.25) is 0 Å². The summed E-state index contributed by atoms with van der Waals surface area (Å²) in [4.78, 5) is 8.91. The van der Waals surface area contributed by atoms with E-state index in [2.05, 4.69) is 15.3 Å². The minimum Gasteiger partial charge on any atom is -0.399 e. The second kappa shape index (κ2) is 9.52. The van der Waals surface area contributed by atoms with Crippen molar-refractivity contribution in [2.24, 2.45) is 0 Å². The number of hydrogen-bond acceptors (Lipinski definition) is 7. The zero-order valence-electron chi connectivity index (χ0n) is 19.5. The molecule has 35 heavy (non-hydrogen) atoms. The summed E-state index contributed by atoms with van der Waals surface area (Å²) >= 11 is 0. The third kappa shape index (κ3) is 5.52. The van der Waals surface area contributed by atoms with Gasteiger partial charge in [0.1, 0.15) is 11.6 Å². The Kier molecular flexibility index (Phi) is 6.97. The maximum Gasteiger partial charge on any atom is 0.416 e. The molecule has 2 aliphatic heterocycles. The number of alkyl halides is 3. The van der Waals surface area contributed by atoms with Crippen LogP contribution in [-0.2, 0) is 29.4 Å². The van der Waals surface area contributed by atoms with Crippen molar-refractivity contribution >= 4 is 21.7 Å². The van der Waals surface area contributed by atoms with Gasteiger partial charge in [0.05, 0.1) is 23.4 Å². The molecule has 0 radical (unpaired) electrons. The van der Waals surface area contributed by atoms with Gasteiger partial charge >= 0.3 is 6.18 Å². The smallest absolute Gasteiger partial charge is 0.399 e. The second-order valence-electron chi connectivity index (χ2n) is 9.02. The Balaban J connectivity index is 1.60. The highest BCUT2D eigenvalue weighted by atomic mass is 32.2. The van der Waals surface area contributed by atoms with E-state index in [1.807, 2.05) is 0 Å². The molecule has 2 aliphatic rings. The van der Waals surface area contributed by atoms with Crippen molar-refractivity contribution in [3.05, 3.63) is 46.4 Å². The van der Waals surface area contributed by atoms with Crippen LogP contribution in [0.5, 0.6) is 0 Å². The second-order valence-corrected chi connectivity index (χ2v) is 10.9. The first kappa shape index (κ1) is 25.6. The van der Waals surface area contributed by atoms with E-state index >= 15 is 0 Å². The van der Waals surface area contributed by atoms with Gasteiger partial charge in [-0.1, -0.05) is 0 Å². The summed E-state index contributed by atoms with van der Waals surface area (Å²) in [7, 11) is -3.76. The maximum absolute atomic E-state index is 13.3. The number of hydrogen-bond donors (Lipinski definition) is 3. The highest BCUT2D eigenvalue weighted by molar-refractivity contribution is 7.86. The first-order valence-electron chi connectivity index (χ1n) is 11.4. The van der Waals surface area contributed by atoms with Crippen LogP contribution in [0.1, 0.15) is 54.0 Å². The van der Waals surface area contributed by atoms with Gasteiger partial charge in [0.2, 0.25) is 0 Å². The summed E-state index contributed by atoms with van der Waals surface area (Å²) in [5, 5.41) is 12.9. The number of fused-ring (bicyclic) bond motifs is 1. The molecule has 1 aromatic carbocycles. The van der Waals surface area contributed by atoms with Gasteiger partial charge in [-0.05, 0) is 50.5 Å². The highest BCUT2D eigenvalue weighted by Gasteiger charge is 2.36. The molecular weight excluding hydrogens is 485 g/mol. The molecule has 1 aromatic heterocycles. The van der Waals surface area contributed by atoms with E-state index in [0.717, 1.165) is 12.1 Å². The largest absolute Gasteiger partial charge is 0.416 e. The van der Waals surface area contributed by atoms with Crippen molar-refractivity contribution in [2.75, 3.05) is 30.7 Å². The number of halogens is 3. The first-order chi connectivity index (χ1) is 16.3. The Labute approximate surface area is 202 Å². The number of piperidine rings is 1. The summed E-state index contributed by atoms with van der Waals surface area (Å²) in [6, 6.07) is 2.80. The summed E-state index contributed by atoms with van der Waals surface area (Å²) < 4.78 is 69.0. The first-order valence-corrected chi connectivity index (χ1v) is 12.8. The van der Waals surface area contributed by atoms with Crippen molar-refractivity contribution in [3.8, 4) is 0 Å². The van der Waals surface area contributed by atoms with Gasteiger partial charge in [0.25, 0.3) is 10.2 Å². The van der Waals surface area contributed by atoms with E-state index in [4.69, 9.17) is 5.73 Å². The molecule has 3 heterocycles. The number of aliphatic hydroxyl groups excluding tert-OH is 1. The molecular formula is C22H29F3N6O3S. The Morgan fingerprint density at radius 1 is 1.14 bits per heavy atom. The lowest BCUT2D eigenvalue weighted by atomic mass is 10.0. The van der Waals surface area contributed by atoms with Crippen molar-refractivity contribution in [2.45, 2.75) is 58.0 Å². The maximum atomic E-state index is 13.3. The molecule has 0 bridgehead atoms. The van der Waals surface area contributed by atoms with E-state index in [-0.39, 0.29) is 31.9 Å². The highest BCUT2D eigenvalue weighted by Crippen LogP contribution is 2.34. The molecule has 1 fully saturated rings. The predicted octanol–water partition coefficient (Wildman–Crippen LogP) is 2.62. The molecule has 0 amide bonds. The molecule has 0 aliphatic carbocycles. The Morgan fingerprint density at radius 3 is 2.49 bits per heavy atom. The predicted molar refractivity (Wildman–Crippen MR) is 125 cm³/mol. The number of rotatable bonds is 5. The number of nitrogens with two attached hydrogens (primary N) is 1. The van der Waals surface area contributed by atoms with Crippen LogP contribution in [0.4, 0.5) is 24.7 Å². The van der Waals surface area contributed by atoms with Gasteiger partial charge in [-0.2, -0.15) is 30.2 Å². The van der Waals surface area contributed by atoms with E-state index in [0.29, 0.717) is 47.7 Å². The Bertz CT molecular complexity index is 1200. The van der Waals surface area contributed by atoms with Gasteiger partial charge in [-0.15, -0.1) is 0 Å². The number of nitrogens with zero attached hydrogens (tertiary/aromatic N) is 4. The molecule has 4 rings (SSSR count). The standard InChI is InChI=1S/C22H29F3N6O3S/c1-13(15-9-16(22(23,24)25)11-17(26)10-15)27-21-19-12-31(8-5-20(19)28-14(2)29-21)35(33,34)30-6-3-18(32)4-7-30/h9-11,13,18,32H,3-8,12,26H2,1-2H3,(H,27,28,29)/t13-/m1/s1. The fraction of sp³-hybridized carbons (Fsp3) is 0.545. The van der Waals surface area contributed by atoms with Crippen LogP contribution < -0.4 is 11.1 Å². The van der Waals surface area contributed by atoms with E-state index in [9.17, 15) is 26.7 Å². The zero-order valence-corrected chi connectivity index (χ0v) is 20.3. The molecule has 0 unspecified atom stereocenters. The fourth-order valence-corrected chi connectivity index (χ4v) is 6.06. The van der Waals surface area contributed by atoms with Crippen molar-refractivity contribution in [1.29, 1.82) is 0 Å². The van der Waals surface area contributed by atoms with Crippen LogP contribution in [0, 0.1) is 6.92 Å². The van der Waals surface area contributed by atoms with Crippen molar-refractivity contribution in [1.82, 2.24) is 18.6 Å². The summed E-state index contributed by atoms with van der Waals surface area (Å²) in [6.07, 6.45) is -3.88. The van der Waals surface area contributed by atoms with Crippen molar-refractivity contribution < 1.29 is 26.7 Å². The summed E-state index contributed by atoms with van der Waals surface area (Å²) in [5.41, 5.74) is 6.50. The van der Waals surface area contributed by atoms with Crippen LogP contribution in [0.15, 0.2) is 18.2 Å². The summed E-state index contributed by atoms with van der Waals surface area (Å²) in [5.74, 6) is 0.855. The molecule has 13 heteroatoms. The lowest BCUT2D eigenvalue weighted by Crippen LogP contribution is -2.49. The SMILES string of the molecule is Cc1nc2c(c(N[C@H](C)c3cc(N)cc(C(F)(F)F)c3)n1)CN(S(=O)(=O)N1CCC(O)CC1)CC2. The molecule has 1 atom stereocenters. The number of nitrogen functional groups attached to an aromatic ring is 1. The van der Waals surface area contributed by atoms with Gasteiger partial charge in [0, 0.05) is 43.9 Å². The van der Waals surface area contributed by atoms with Crippen LogP contribution in [0.25, 0.3) is 0 Å². The number of aromatic nitrogens is 2. The number of nitrogens with one attached hydrogen (secondary N) is 1. The number of anilines is 2. The Morgan fingerprint density at radius 2 is 1.83 bits per heavy atom. The van der Waals surface area contributed by atoms with Crippen LogP contribution >= 0.6 is 0 Å². The lowest BCUT2D eigenvalue weighted by molar-refractivity contribution is -0.137. The van der Waals surface area contributed by atoms with E-state index in [1.165, 1.54) is 14.7 Å². The van der Waals surface area contributed by atoms with Gasteiger partial charge < -0.3 is 16.2 Å². The van der Waals surface area contributed by atoms with E-state index < -0.39 is 34.1 Å². The van der Waals surface area contributed by atoms with Crippen LogP contribution in [-0.4, -0.2) is 57.8 Å². The van der Waals surface area contributed by atoms with Gasteiger partial charge in [-0.3, -0.25) is 0 Å². The van der Waals surface area contributed by atoms with Crippen molar-refractivity contribution in [3.63, 3.8) is 0 Å². The topological polar surface area (TPSA) is 125 Å². The molecule has 192 valence electrons. The van der Waals surface area contributed by atoms with Gasteiger partial charge in [0.15, 0.2) is 0 Å². The number of benzene rings is 1. The Hall–Kier alpha value is -2.48. The molecule has 1 saturated heterocycles. The third-order valence-electron chi connectivity index (χ3n) is 6.37. The summed E-state index contributed by atoms with van der Waals surface area (Å²) in [6.45, 7) is 4.18. The molecule has 0 spiro atoms. The third-order valence-corrected chi connectivity index (χ3v) is 8.35. The molecule has 9 nitrogen and oxygen atoms in total. The minimum absolute atomic E-state index is 0.00621. The van der Waals surface area contributed by atoms with Gasteiger partial charge in [-0.25, -0.2) is 9.97 Å². The normalized spacial score (nSPS) is 19.4. The number of aryl methyl sites for hydroxylation is 1. The zero-order chi connectivity index (χ0) is 25.5. The van der Waals surface area contributed by atoms with Crippen LogP contribution in [0.3, 0.4) is 0 Å². The lowest BCUT2D eigenvalue weighted by Gasteiger charge is -2.36. The number of aliphatic hydroxyl groups is 1. The van der Waals surface area contributed by atoms with E-state index in [1.54, 1.807) is 13.8 Å². The fourth-order valence-electron chi connectivity index (χ4n) is 4.44. The average Bonchev–Trinajstić information content (AvgIpc) is 2.78. The molecule has 4 N–H and O–H groups in total. The quantitative estimate of drug-likeness (QED) is 0.524. The molecule has 0 saturated carbocycles. The minimum atomic E-state index is -4.53. The molecule has 2 aromatic rings.